The number of ether oxygens (including phenoxy) is 1. The monoisotopic (exact) mass is 425 g/mol. The van der Waals surface area contributed by atoms with E-state index in [9.17, 15) is 0 Å². The molecule has 2 heterocycles. The number of fused-ring (bicyclic) bond motifs is 1. The third-order valence-corrected chi connectivity index (χ3v) is 7.49. The molecular formula is C27H43N3O. The number of rotatable bonds is 4. The Balaban J connectivity index is 1.63. The zero-order valence-electron chi connectivity index (χ0n) is 20.7. The molecule has 1 saturated heterocycles. The summed E-state index contributed by atoms with van der Waals surface area (Å²) in [6.45, 7) is 19.3. The lowest BCUT2D eigenvalue weighted by atomic mass is 9.72. The van der Waals surface area contributed by atoms with Crippen LogP contribution in [-0.2, 0) is 0 Å². The summed E-state index contributed by atoms with van der Waals surface area (Å²) in [5.74, 6) is 2.57. The van der Waals surface area contributed by atoms with Crippen LogP contribution in [0.1, 0.15) is 59.4 Å². The average molecular weight is 426 g/mol. The van der Waals surface area contributed by atoms with Gasteiger partial charge in [0, 0.05) is 57.1 Å². The molecule has 4 nitrogen and oxygen atoms in total. The van der Waals surface area contributed by atoms with Crippen molar-refractivity contribution in [1.29, 1.82) is 0 Å². The minimum atomic E-state index is 0.390. The highest BCUT2D eigenvalue weighted by molar-refractivity contribution is 5.83. The molecule has 172 valence electrons. The van der Waals surface area contributed by atoms with E-state index >= 15 is 0 Å². The number of anilines is 2. The van der Waals surface area contributed by atoms with Crippen molar-refractivity contribution in [3.05, 3.63) is 23.8 Å². The number of piperazine rings is 1. The summed E-state index contributed by atoms with van der Waals surface area (Å²) < 4.78 is 6.10. The van der Waals surface area contributed by atoms with Crippen LogP contribution < -0.4 is 14.5 Å². The molecule has 1 fully saturated rings. The first-order valence-electron chi connectivity index (χ1n) is 12.4. The maximum absolute atomic E-state index is 6.10. The predicted octanol–water partition coefficient (Wildman–Crippen LogP) is 5.52. The maximum Gasteiger partial charge on any atom is 0.144 e. The smallest absolute Gasteiger partial charge is 0.144 e. The number of benzene rings is 1. The van der Waals surface area contributed by atoms with Gasteiger partial charge in [0.05, 0.1) is 12.2 Å². The third-order valence-electron chi connectivity index (χ3n) is 7.49. The summed E-state index contributed by atoms with van der Waals surface area (Å²) in [4.78, 5) is 7.59. The van der Waals surface area contributed by atoms with E-state index in [0.717, 1.165) is 56.9 Å². The van der Waals surface area contributed by atoms with Crippen molar-refractivity contribution < 1.29 is 4.74 Å². The zero-order chi connectivity index (χ0) is 22.2. The lowest BCUT2D eigenvalue weighted by molar-refractivity contribution is 0.225. The van der Waals surface area contributed by atoms with E-state index < -0.39 is 0 Å². The average Bonchev–Trinajstić information content (AvgIpc) is 2.73. The lowest BCUT2D eigenvalue weighted by Crippen LogP contribution is -2.47. The molecule has 1 aromatic rings. The molecule has 0 amide bonds. The van der Waals surface area contributed by atoms with Gasteiger partial charge in [-0.3, -0.25) is 4.90 Å². The largest absolute Gasteiger partial charge is 0.489 e. The van der Waals surface area contributed by atoms with Gasteiger partial charge in [0.2, 0.25) is 0 Å². The fourth-order valence-corrected chi connectivity index (χ4v) is 5.46. The van der Waals surface area contributed by atoms with Gasteiger partial charge in [-0.25, -0.2) is 0 Å². The number of likely N-dealkylation sites (N-methyl/N-ethyl adjacent to an activating group) is 1. The SMILES string of the molecule is CC(C)CN1CCN(c2cc3c(cc2C2=CCC(C(C)(C)C)CC2)N(C)CCO3)CC1. The molecule has 0 saturated carbocycles. The summed E-state index contributed by atoms with van der Waals surface area (Å²) in [5, 5.41) is 0. The first-order chi connectivity index (χ1) is 14.7. The Labute approximate surface area is 190 Å². The van der Waals surface area contributed by atoms with E-state index in [2.05, 4.69) is 74.6 Å². The van der Waals surface area contributed by atoms with Crippen LogP contribution >= 0.6 is 0 Å². The highest BCUT2D eigenvalue weighted by atomic mass is 16.5. The molecule has 1 aromatic carbocycles. The molecule has 0 spiro atoms. The molecule has 1 aliphatic carbocycles. The second-order valence-corrected chi connectivity index (χ2v) is 11.4. The fraction of sp³-hybridized carbons (Fsp3) is 0.704. The Morgan fingerprint density at radius 2 is 1.77 bits per heavy atom. The topological polar surface area (TPSA) is 19.0 Å². The van der Waals surface area contributed by atoms with Gasteiger partial charge in [-0.2, -0.15) is 0 Å². The summed E-state index contributed by atoms with van der Waals surface area (Å²) >= 11 is 0. The predicted molar refractivity (Wildman–Crippen MR) is 133 cm³/mol. The van der Waals surface area contributed by atoms with Crippen LogP contribution in [0.15, 0.2) is 18.2 Å². The van der Waals surface area contributed by atoms with Crippen LogP contribution in [0.4, 0.5) is 11.4 Å². The van der Waals surface area contributed by atoms with Gasteiger partial charge in [-0.1, -0.05) is 40.7 Å². The molecule has 3 aliphatic rings. The summed E-state index contributed by atoms with van der Waals surface area (Å²) in [6.07, 6.45) is 6.22. The lowest BCUT2D eigenvalue weighted by Gasteiger charge is -2.39. The second kappa shape index (κ2) is 9.05. The molecule has 0 bridgehead atoms. The van der Waals surface area contributed by atoms with Crippen molar-refractivity contribution in [2.45, 2.75) is 53.9 Å². The number of hydrogen-bond donors (Lipinski definition) is 0. The number of hydrogen-bond acceptors (Lipinski definition) is 4. The summed E-state index contributed by atoms with van der Waals surface area (Å²) in [5.41, 5.74) is 6.02. The van der Waals surface area contributed by atoms with Gasteiger partial charge in [-0.05, 0) is 48.2 Å². The molecule has 31 heavy (non-hydrogen) atoms. The minimum Gasteiger partial charge on any atom is -0.489 e. The number of nitrogens with zero attached hydrogens (tertiary/aromatic N) is 3. The highest BCUT2D eigenvalue weighted by Gasteiger charge is 2.29. The van der Waals surface area contributed by atoms with Crippen molar-refractivity contribution >= 4 is 16.9 Å². The van der Waals surface area contributed by atoms with Gasteiger partial charge < -0.3 is 14.5 Å². The Morgan fingerprint density at radius 1 is 1.03 bits per heavy atom. The van der Waals surface area contributed by atoms with Gasteiger partial charge in [-0.15, -0.1) is 0 Å². The highest BCUT2D eigenvalue weighted by Crippen LogP contribution is 2.45. The zero-order valence-corrected chi connectivity index (χ0v) is 20.7. The van der Waals surface area contributed by atoms with Crippen molar-refractivity contribution in [1.82, 2.24) is 4.90 Å². The first-order valence-corrected chi connectivity index (χ1v) is 12.4. The van der Waals surface area contributed by atoms with Gasteiger partial charge >= 0.3 is 0 Å². The minimum absolute atomic E-state index is 0.390. The van der Waals surface area contributed by atoms with Crippen LogP contribution in [0, 0.1) is 17.3 Å². The molecule has 4 heteroatoms. The van der Waals surface area contributed by atoms with E-state index in [1.807, 2.05) is 0 Å². The van der Waals surface area contributed by atoms with Gasteiger partial charge in [0.25, 0.3) is 0 Å². The summed E-state index contributed by atoms with van der Waals surface area (Å²) in [7, 11) is 2.19. The summed E-state index contributed by atoms with van der Waals surface area (Å²) in [6, 6.07) is 4.77. The van der Waals surface area contributed by atoms with E-state index in [4.69, 9.17) is 4.74 Å². The van der Waals surface area contributed by atoms with E-state index in [1.54, 1.807) is 5.57 Å². The first kappa shape index (κ1) is 22.5. The molecule has 1 unspecified atom stereocenters. The van der Waals surface area contributed by atoms with E-state index in [1.165, 1.54) is 42.7 Å². The Kier molecular flexibility index (Phi) is 6.57. The van der Waals surface area contributed by atoms with Gasteiger partial charge in [0.1, 0.15) is 12.4 Å². The molecule has 0 N–H and O–H groups in total. The fourth-order valence-electron chi connectivity index (χ4n) is 5.46. The Bertz CT molecular complexity index is 799. The third kappa shape index (κ3) is 5.05. The molecule has 0 aromatic heterocycles. The van der Waals surface area contributed by atoms with Crippen LogP contribution in [0.3, 0.4) is 0 Å². The van der Waals surface area contributed by atoms with Crippen molar-refractivity contribution in [2.24, 2.45) is 17.3 Å². The molecule has 0 radical (unpaired) electrons. The van der Waals surface area contributed by atoms with E-state index in [-0.39, 0.29) is 0 Å². The van der Waals surface area contributed by atoms with Crippen molar-refractivity contribution in [3.8, 4) is 5.75 Å². The van der Waals surface area contributed by atoms with Gasteiger partial charge in [0.15, 0.2) is 0 Å². The molecule has 1 atom stereocenters. The van der Waals surface area contributed by atoms with Crippen LogP contribution in [0.2, 0.25) is 0 Å². The van der Waals surface area contributed by atoms with Crippen molar-refractivity contribution in [2.75, 3.05) is 62.7 Å². The maximum atomic E-state index is 6.10. The molecule has 2 aliphatic heterocycles. The Morgan fingerprint density at radius 3 is 2.39 bits per heavy atom. The van der Waals surface area contributed by atoms with Crippen LogP contribution in [0.5, 0.6) is 5.75 Å². The standard InChI is InChI=1S/C27H43N3O/c1-20(2)19-29-11-13-30(14-12-29)24-18-26-25(28(6)15-16-31-26)17-23(24)21-7-9-22(10-8-21)27(3,4)5/h7,17-18,20,22H,8-16,19H2,1-6H3. The van der Waals surface area contributed by atoms with Crippen LogP contribution in [-0.4, -0.2) is 57.8 Å². The molecular weight excluding hydrogens is 382 g/mol. The molecule has 4 rings (SSSR count). The number of allylic oxidation sites excluding steroid dienone is 2. The normalized spacial score (nSPS) is 22.9. The van der Waals surface area contributed by atoms with Crippen LogP contribution in [0.25, 0.3) is 5.57 Å². The van der Waals surface area contributed by atoms with E-state index in [0.29, 0.717) is 5.41 Å². The quantitative estimate of drug-likeness (QED) is 0.632. The Hall–Kier alpha value is -1.68. The second-order valence-electron chi connectivity index (χ2n) is 11.4. The van der Waals surface area contributed by atoms with Crippen molar-refractivity contribution in [3.63, 3.8) is 0 Å².